The van der Waals surface area contributed by atoms with Crippen molar-refractivity contribution in [1.82, 2.24) is 4.98 Å². The summed E-state index contributed by atoms with van der Waals surface area (Å²) in [6, 6.07) is 11.8. The van der Waals surface area contributed by atoms with Crippen molar-refractivity contribution in [3.63, 3.8) is 0 Å². The molecule has 2 fully saturated rings. The van der Waals surface area contributed by atoms with Gasteiger partial charge in [-0.05, 0) is 68.0 Å². The van der Waals surface area contributed by atoms with Crippen LogP contribution in [-0.2, 0) is 19.4 Å². The Bertz CT molecular complexity index is 999. The second-order valence-electron chi connectivity index (χ2n) is 7.84. The van der Waals surface area contributed by atoms with Crippen molar-refractivity contribution in [1.29, 1.82) is 0 Å². The number of nitrogens with zero attached hydrogens (tertiary/aromatic N) is 2. The van der Waals surface area contributed by atoms with Crippen LogP contribution in [0, 0.1) is 5.92 Å². The van der Waals surface area contributed by atoms with E-state index in [1.807, 2.05) is 6.07 Å². The summed E-state index contributed by atoms with van der Waals surface area (Å²) < 4.78 is 24.9. The number of aromatic nitrogens is 1. The van der Waals surface area contributed by atoms with Crippen molar-refractivity contribution >= 4 is 33.0 Å². The topological polar surface area (TPSA) is 84.4 Å². The van der Waals surface area contributed by atoms with Crippen LogP contribution < -0.4 is 4.90 Å². The molecule has 1 atom stereocenters. The molecule has 2 aliphatic rings. The Balaban J connectivity index is 1.55. The Kier molecular flexibility index (Phi) is 5.50. The van der Waals surface area contributed by atoms with Crippen LogP contribution in [0.15, 0.2) is 53.6 Å². The average molecular weight is 413 g/mol. The predicted octanol–water partition coefficient (Wildman–Crippen LogP) is 3.83. The van der Waals surface area contributed by atoms with E-state index >= 15 is 0 Å². The van der Waals surface area contributed by atoms with Gasteiger partial charge in [0.15, 0.2) is 9.84 Å². The zero-order chi connectivity index (χ0) is 20.4. The van der Waals surface area contributed by atoms with E-state index in [1.165, 1.54) is 4.90 Å². The van der Waals surface area contributed by atoms with Gasteiger partial charge in [-0.25, -0.2) is 13.4 Å². The molecule has 1 aromatic heterocycles. The third kappa shape index (κ3) is 4.40. The summed E-state index contributed by atoms with van der Waals surface area (Å²) in [5.41, 5.74) is 0.589. The second-order valence-corrected chi connectivity index (χ2v) is 10.1. The highest BCUT2D eigenvalue weighted by Gasteiger charge is 2.37. The van der Waals surface area contributed by atoms with E-state index in [0.717, 1.165) is 6.42 Å². The Labute approximate surface area is 170 Å². The lowest BCUT2D eigenvalue weighted by Crippen LogP contribution is -2.27. The number of hydrogen-bond acceptors (Lipinski definition) is 5. The van der Waals surface area contributed by atoms with Crippen molar-refractivity contribution in [3.8, 4) is 0 Å². The first-order valence-electron chi connectivity index (χ1n) is 10.0. The molecule has 0 bridgehead atoms. The van der Waals surface area contributed by atoms with Crippen LogP contribution in [0.4, 0.5) is 11.5 Å². The van der Waals surface area contributed by atoms with Crippen LogP contribution >= 0.6 is 0 Å². The molecule has 0 N–H and O–H groups in total. The maximum absolute atomic E-state index is 13.1. The fraction of sp³-hybridized carbons (Fsp3) is 0.409. The van der Waals surface area contributed by atoms with Gasteiger partial charge in [-0.3, -0.25) is 14.5 Å². The molecule has 2 aromatic rings. The number of amides is 1. The molecule has 6 nitrogen and oxygen atoms in total. The van der Waals surface area contributed by atoms with E-state index in [4.69, 9.17) is 0 Å². The molecule has 152 valence electrons. The summed E-state index contributed by atoms with van der Waals surface area (Å²) >= 11 is 0. The molecule has 29 heavy (non-hydrogen) atoms. The van der Waals surface area contributed by atoms with Crippen LogP contribution in [0.5, 0.6) is 0 Å². The minimum Gasteiger partial charge on any atom is -0.300 e. The predicted molar refractivity (Wildman–Crippen MR) is 110 cm³/mol. The van der Waals surface area contributed by atoms with Gasteiger partial charge in [0.25, 0.3) is 0 Å². The Morgan fingerprint density at radius 3 is 2.41 bits per heavy atom. The lowest BCUT2D eigenvalue weighted by Gasteiger charge is -2.23. The highest BCUT2D eigenvalue weighted by atomic mass is 32.2. The van der Waals surface area contributed by atoms with Gasteiger partial charge in [0.2, 0.25) is 5.91 Å². The van der Waals surface area contributed by atoms with Crippen LogP contribution in [0.1, 0.15) is 44.9 Å². The van der Waals surface area contributed by atoms with Gasteiger partial charge in [-0.2, -0.15) is 0 Å². The fourth-order valence-electron chi connectivity index (χ4n) is 3.82. The molecule has 1 unspecified atom stereocenters. The van der Waals surface area contributed by atoms with E-state index in [9.17, 15) is 18.0 Å². The number of pyridine rings is 1. The average Bonchev–Trinajstić information content (AvgIpc) is 3.51. The Hall–Kier alpha value is -2.54. The summed E-state index contributed by atoms with van der Waals surface area (Å²) in [5, 5.41) is -0.268. The van der Waals surface area contributed by atoms with Gasteiger partial charge in [0, 0.05) is 25.5 Å². The fourth-order valence-corrected chi connectivity index (χ4v) is 5.48. The number of benzene rings is 1. The zero-order valence-electron chi connectivity index (χ0n) is 16.2. The van der Waals surface area contributed by atoms with Crippen molar-refractivity contribution in [2.24, 2.45) is 5.92 Å². The first-order valence-corrected chi connectivity index (χ1v) is 11.6. The van der Waals surface area contributed by atoms with Crippen molar-refractivity contribution < 1.29 is 18.0 Å². The molecule has 2 aliphatic carbocycles. The molecular formula is C22H24N2O4S. The first-order chi connectivity index (χ1) is 13.9. The van der Waals surface area contributed by atoms with Gasteiger partial charge >= 0.3 is 0 Å². The van der Waals surface area contributed by atoms with E-state index in [1.54, 1.807) is 42.6 Å². The van der Waals surface area contributed by atoms with Gasteiger partial charge in [-0.1, -0.05) is 6.07 Å². The number of carbonyl (C=O) groups is 2. The molecule has 2 saturated carbocycles. The van der Waals surface area contributed by atoms with Gasteiger partial charge in [0.1, 0.15) is 11.6 Å². The van der Waals surface area contributed by atoms with Gasteiger partial charge in [-0.15, -0.1) is 0 Å². The third-order valence-corrected chi connectivity index (χ3v) is 7.91. The number of carbonyl (C=O) groups excluding carboxylic acids is 2. The standard InChI is InChI=1S/C22H24N2O4S/c25-18-8-4-16(15-18)5-13-22(26)24(21-3-1-2-14-23-21)17-6-9-19(10-7-17)29(27,28)20-11-12-20/h1-3,6-7,9-10,14,16,20H,4-5,8,11-13,15H2. The van der Waals surface area contributed by atoms with E-state index in [-0.39, 0.29) is 22.9 Å². The Morgan fingerprint density at radius 1 is 1.07 bits per heavy atom. The monoisotopic (exact) mass is 412 g/mol. The van der Waals surface area contributed by atoms with Crippen LogP contribution in [-0.4, -0.2) is 30.3 Å². The van der Waals surface area contributed by atoms with Crippen LogP contribution in [0.25, 0.3) is 0 Å². The number of hydrogen-bond donors (Lipinski definition) is 0. The summed E-state index contributed by atoms with van der Waals surface area (Å²) in [6.45, 7) is 0. The van der Waals surface area contributed by atoms with E-state index < -0.39 is 9.84 Å². The van der Waals surface area contributed by atoms with Crippen molar-refractivity contribution in [3.05, 3.63) is 48.7 Å². The number of anilines is 2. The van der Waals surface area contributed by atoms with Gasteiger partial charge < -0.3 is 0 Å². The van der Waals surface area contributed by atoms with E-state index in [0.29, 0.717) is 54.9 Å². The molecular weight excluding hydrogens is 388 g/mol. The summed E-state index contributed by atoms with van der Waals surface area (Å²) in [4.78, 5) is 30.7. The highest BCUT2D eigenvalue weighted by Crippen LogP contribution is 2.35. The molecule has 0 radical (unpaired) electrons. The number of rotatable bonds is 7. The summed E-state index contributed by atoms with van der Waals surface area (Å²) in [6.07, 6.45) is 6.06. The van der Waals surface area contributed by atoms with E-state index in [2.05, 4.69) is 4.98 Å². The number of sulfone groups is 1. The minimum atomic E-state index is -3.27. The quantitative estimate of drug-likeness (QED) is 0.690. The molecule has 0 spiro atoms. The zero-order valence-corrected chi connectivity index (χ0v) is 17.0. The maximum atomic E-state index is 13.1. The molecule has 1 heterocycles. The first kappa shape index (κ1) is 19.8. The van der Waals surface area contributed by atoms with Crippen LogP contribution in [0.2, 0.25) is 0 Å². The maximum Gasteiger partial charge on any atom is 0.232 e. The molecule has 4 rings (SSSR count). The normalized spacial score (nSPS) is 19.3. The SMILES string of the molecule is O=C1CCC(CCC(=O)N(c2ccc(S(=O)(=O)C3CC3)cc2)c2ccccn2)C1. The number of Topliss-reactive ketones (excluding diaryl/α,β-unsaturated/α-hetero) is 1. The Morgan fingerprint density at radius 2 is 1.83 bits per heavy atom. The van der Waals surface area contributed by atoms with Crippen LogP contribution in [0.3, 0.4) is 0 Å². The highest BCUT2D eigenvalue weighted by molar-refractivity contribution is 7.92. The van der Waals surface area contributed by atoms with Gasteiger partial charge in [0.05, 0.1) is 15.8 Å². The lowest BCUT2D eigenvalue weighted by atomic mass is 10.0. The van der Waals surface area contributed by atoms with Crippen molar-refractivity contribution in [2.75, 3.05) is 4.90 Å². The molecule has 0 aliphatic heterocycles. The number of ketones is 1. The largest absolute Gasteiger partial charge is 0.300 e. The smallest absolute Gasteiger partial charge is 0.232 e. The second kappa shape index (κ2) is 8.06. The third-order valence-electron chi connectivity index (χ3n) is 5.63. The molecule has 0 saturated heterocycles. The molecule has 7 heteroatoms. The summed E-state index contributed by atoms with van der Waals surface area (Å²) in [7, 11) is -3.27. The minimum absolute atomic E-state index is 0.110. The molecule has 1 aromatic carbocycles. The van der Waals surface area contributed by atoms with Crippen molar-refractivity contribution in [2.45, 2.75) is 55.1 Å². The lowest BCUT2D eigenvalue weighted by molar-refractivity contribution is -0.119. The molecule has 1 amide bonds. The summed E-state index contributed by atoms with van der Waals surface area (Å²) in [5.74, 6) is 0.929.